The first-order chi connectivity index (χ1) is 9.41. The first-order valence-electron chi connectivity index (χ1n) is 7.02. The van der Waals surface area contributed by atoms with Crippen molar-refractivity contribution in [2.45, 2.75) is 33.6 Å². The monoisotopic (exact) mass is 269 g/mol. The molecule has 0 bridgehead atoms. The van der Waals surface area contributed by atoms with Crippen molar-refractivity contribution in [3.63, 3.8) is 0 Å². The molecule has 0 saturated heterocycles. The van der Waals surface area contributed by atoms with Crippen LogP contribution in [0.2, 0.25) is 0 Å². The van der Waals surface area contributed by atoms with E-state index in [2.05, 4.69) is 56.9 Å². The maximum Gasteiger partial charge on any atom is 0.212 e. The van der Waals surface area contributed by atoms with Crippen molar-refractivity contribution in [3.05, 3.63) is 48.2 Å². The summed E-state index contributed by atoms with van der Waals surface area (Å²) in [5.74, 6) is 1.15. The maximum absolute atomic E-state index is 5.10. The van der Waals surface area contributed by atoms with Crippen LogP contribution in [0.4, 0.5) is 0 Å². The molecule has 1 aromatic heterocycles. The van der Waals surface area contributed by atoms with E-state index >= 15 is 0 Å². The van der Waals surface area contributed by atoms with E-state index in [1.54, 1.807) is 7.11 Å². The molecule has 1 aromatic carbocycles. The van der Waals surface area contributed by atoms with Crippen molar-refractivity contribution in [3.8, 4) is 17.0 Å². The molecular weight excluding hydrogens is 246 g/mol. The number of methoxy groups -OCH3 is 1. The fourth-order valence-corrected chi connectivity index (χ4v) is 2.16. The van der Waals surface area contributed by atoms with Crippen molar-refractivity contribution in [1.29, 1.82) is 0 Å². The molecule has 106 valence electrons. The summed E-state index contributed by atoms with van der Waals surface area (Å²) in [7, 11) is 1.63. The third-order valence-electron chi connectivity index (χ3n) is 3.96. The molecule has 0 spiro atoms. The van der Waals surface area contributed by atoms with Crippen LogP contribution in [0.25, 0.3) is 11.1 Å². The van der Waals surface area contributed by atoms with Gasteiger partial charge >= 0.3 is 0 Å². The molecule has 0 aliphatic heterocycles. The van der Waals surface area contributed by atoms with Gasteiger partial charge in [-0.25, -0.2) is 4.98 Å². The van der Waals surface area contributed by atoms with E-state index in [0.717, 1.165) is 5.56 Å². The Labute approximate surface area is 121 Å². The number of benzene rings is 1. The lowest BCUT2D eigenvalue weighted by molar-refractivity contribution is 0.339. The van der Waals surface area contributed by atoms with Gasteiger partial charge in [-0.3, -0.25) is 0 Å². The topological polar surface area (TPSA) is 22.1 Å². The lowest BCUT2D eigenvalue weighted by Crippen LogP contribution is -2.15. The minimum atomic E-state index is 0.261. The van der Waals surface area contributed by atoms with E-state index in [9.17, 15) is 0 Å². The molecule has 2 aromatic rings. The molecule has 2 nitrogen and oxygen atoms in total. The molecule has 0 aliphatic carbocycles. The van der Waals surface area contributed by atoms with Gasteiger partial charge < -0.3 is 4.74 Å². The standard InChI is InChI=1S/C18H23NO/c1-13(18(2,3)4)14-7-6-8-15(11-14)16-9-10-17(20-5)19-12-16/h6-13H,1-5H3. The van der Waals surface area contributed by atoms with Crippen LogP contribution >= 0.6 is 0 Å². The molecular formula is C18H23NO. The van der Waals surface area contributed by atoms with E-state index in [1.807, 2.05) is 18.3 Å². The Hall–Kier alpha value is -1.83. The van der Waals surface area contributed by atoms with E-state index < -0.39 is 0 Å². The highest BCUT2D eigenvalue weighted by molar-refractivity contribution is 5.63. The van der Waals surface area contributed by atoms with Crippen LogP contribution in [-0.2, 0) is 0 Å². The average Bonchev–Trinajstić information content (AvgIpc) is 2.46. The zero-order valence-electron chi connectivity index (χ0n) is 13.0. The number of pyridine rings is 1. The predicted octanol–water partition coefficient (Wildman–Crippen LogP) is 4.91. The number of nitrogens with zero attached hydrogens (tertiary/aromatic N) is 1. The molecule has 0 radical (unpaired) electrons. The molecule has 0 N–H and O–H groups in total. The molecule has 20 heavy (non-hydrogen) atoms. The van der Waals surface area contributed by atoms with Gasteiger partial charge in [0.15, 0.2) is 0 Å². The summed E-state index contributed by atoms with van der Waals surface area (Å²) in [6.07, 6.45) is 1.86. The van der Waals surface area contributed by atoms with E-state index in [-0.39, 0.29) is 5.41 Å². The largest absolute Gasteiger partial charge is 0.481 e. The summed E-state index contributed by atoms with van der Waals surface area (Å²) in [6, 6.07) is 12.7. The van der Waals surface area contributed by atoms with Gasteiger partial charge in [0, 0.05) is 17.8 Å². The lowest BCUT2D eigenvalue weighted by atomic mass is 9.77. The second-order valence-corrected chi connectivity index (χ2v) is 6.30. The summed E-state index contributed by atoms with van der Waals surface area (Å²) in [6.45, 7) is 9.11. The third-order valence-corrected chi connectivity index (χ3v) is 3.96. The summed E-state index contributed by atoms with van der Waals surface area (Å²) >= 11 is 0. The normalized spacial score (nSPS) is 13.1. The second kappa shape index (κ2) is 5.66. The van der Waals surface area contributed by atoms with Crippen molar-refractivity contribution in [2.75, 3.05) is 7.11 Å². The third kappa shape index (κ3) is 3.19. The first kappa shape index (κ1) is 14.6. The quantitative estimate of drug-likeness (QED) is 0.790. The van der Waals surface area contributed by atoms with Gasteiger partial charge in [0.1, 0.15) is 0 Å². The molecule has 2 heteroatoms. The summed E-state index contributed by atoms with van der Waals surface area (Å²) in [4.78, 5) is 4.27. The molecule has 1 unspecified atom stereocenters. The Morgan fingerprint density at radius 2 is 1.80 bits per heavy atom. The first-order valence-corrected chi connectivity index (χ1v) is 7.02. The van der Waals surface area contributed by atoms with Gasteiger partial charge in [0.2, 0.25) is 5.88 Å². The Morgan fingerprint density at radius 3 is 2.35 bits per heavy atom. The molecule has 0 aliphatic rings. The molecule has 2 rings (SSSR count). The van der Waals surface area contributed by atoms with Crippen molar-refractivity contribution < 1.29 is 4.74 Å². The molecule has 1 heterocycles. The number of aromatic nitrogens is 1. The Balaban J connectivity index is 2.34. The number of rotatable bonds is 3. The van der Waals surface area contributed by atoms with Crippen LogP contribution in [-0.4, -0.2) is 12.1 Å². The lowest BCUT2D eigenvalue weighted by Gasteiger charge is -2.28. The minimum Gasteiger partial charge on any atom is -0.481 e. The van der Waals surface area contributed by atoms with Gasteiger partial charge in [0.25, 0.3) is 0 Å². The van der Waals surface area contributed by atoms with Crippen molar-refractivity contribution >= 4 is 0 Å². The van der Waals surface area contributed by atoms with E-state index in [4.69, 9.17) is 4.74 Å². The molecule has 0 amide bonds. The van der Waals surface area contributed by atoms with Crippen LogP contribution in [0.15, 0.2) is 42.6 Å². The van der Waals surface area contributed by atoms with Crippen LogP contribution in [0, 0.1) is 5.41 Å². The van der Waals surface area contributed by atoms with E-state index in [1.165, 1.54) is 11.1 Å². The fraction of sp³-hybridized carbons (Fsp3) is 0.389. The van der Waals surface area contributed by atoms with Gasteiger partial charge in [-0.2, -0.15) is 0 Å². The van der Waals surface area contributed by atoms with Gasteiger partial charge in [-0.15, -0.1) is 0 Å². The molecule has 0 saturated carbocycles. The van der Waals surface area contributed by atoms with Gasteiger partial charge in [-0.05, 0) is 28.5 Å². The summed E-state index contributed by atoms with van der Waals surface area (Å²) in [5, 5.41) is 0. The highest BCUT2D eigenvalue weighted by Crippen LogP contribution is 2.35. The van der Waals surface area contributed by atoms with Crippen LogP contribution in [0.5, 0.6) is 5.88 Å². The smallest absolute Gasteiger partial charge is 0.212 e. The Bertz CT molecular complexity index is 567. The average molecular weight is 269 g/mol. The summed E-state index contributed by atoms with van der Waals surface area (Å²) in [5.41, 5.74) is 3.95. The zero-order chi connectivity index (χ0) is 14.8. The number of ether oxygens (including phenoxy) is 1. The minimum absolute atomic E-state index is 0.261. The summed E-state index contributed by atoms with van der Waals surface area (Å²) < 4.78 is 5.10. The van der Waals surface area contributed by atoms with Gasteiger partial charge in [-0.1, -0.05) is 52.0 Å². The number of hydrogen-bond acceptors (Lipinski definition) is 2. The number of hydrogen-bond donors (Lipinski definition) is 0. The molecule has 1 atom stereocenters. The van der Waals surface area contributed by atoms with Crippen molar-refractivity contribution in [2.24, 2.45) is 5.41 Å². The van der Waals surface area contributed by atoms with Crippen molar-refractivity contribution in [1.82, 2.24) is 4.98 Å². The van der Waals surface area contributed by atoms with E-state index in [0.29, 0.717) is 11.8 Å². The highest BCUT2D eigenvalue weighted by Gasteiger charge is 2.21. The fourth-order valence-electron chi connectivity index (χ4n) is 2.16. The predicted molar refractivity (Wildman–Crippen MR) is 84.1 cm³/mol. The molecule has 0 fully saturated rings. The SMILES string of the molecule is COc1ccc(-c2cccc(C(C)C(C)(C)C)c2)cn1. The zero-order valence-corrected chi connectivity index (χ0v) is 13.0. The van der Waals surface area contributed by atoms with Crippen LogP contribution in [0.1, 0.15) is 39.2 Å². The Kier molecular flexibility index (Phi) is 4.12. The highest BCUT2D eigenvalue weighted by atomic mass is 16.5. The Morgan fingerprint density at radius 1 is 1.05 bits per heavy atom. The van der Waals surface area contributed by atoms with Crippen LogP contribution in [0.3, 0.4) is 0 Å². The second-order valence-electron chi connectivity index (χ2n) is 6.30. The van der Waals surface area contributed by atoms with Gasteiger partial charge in [0.05, 0.1) is 7.11 Å². The van der Waals surface area contributed by atoms with Crippen LogP contribution < -0.4 is 4.74 Å². The maximum atomic E-state index is 5.10.